The van der Waals surface area contributed by atoms with Crippen LogP contribution >= 0.6 is 11.6 Å². The lowest BCUT2D eigenvalue weighted by Gasteiger charge is -2.37. The van der Waals surface area contributed by atoms with Crippen LogP contribution in [-0.4, -0.2) is 29.2 Å². The minimum Gasteiger partial charge on any atom is -0.396 e. The van der Waals surface area contributed by atoms with Gasteiger partial charge < -0.3 is 10.8 Å². The summed E-state index contributed by atoms with van der Waals surface area (Å²) in [5.41, 5.74) is 7.84. The number of aliphatic hydroxyl groups excluding tert-OH is 1. The first-order valence-electron chi connectivity index (χ1n) is 7.07. The molecule has 4 heteroatoms. The first-order chi connectivity index (χ1) is 9.24. The van der Waals surface area contributed by atoms with Crippen molar-refractivity contribution in [3.63, 3.8) is 0 Å². The van der Waals surface area contributed by atoms with Gasteiger partial charge in [-0.25, -0.2) is 0 Å². The molecule has 0 unspecified atom stereocenters. The molecule has 1 saturated carbocycles. The number of rotatable bonds is 7. The smallest absolute Gasteiger partial charge is 0.0454 e. The first kappa shape index (κ1) is 14.8. The molecule has 1 aromatic rings. The van der Waals surface area contributed by atoms with Crippen LogP contribution in [-0.2, 0) is 13.1 Å². The lowest BCUT2D eigenvalue weighted by Crippen LogP contribution is -2.40. The second kappa shape index (κ2) is 7.25. The first-order valence-corrected chi connectivity index (χ1v) is 7.44. The minimum atomic E-state index is 0.253. The Morgan fingerprint density at radius 2 is 2.16 bits per heavy atom. The third-order valence-electron chi connectivity index (χ3n) is 3.92. The molecule has 0 aromatic heterocycles. The normalized spacial score (nSPS) is 15.8. The molecule has 106 valence electrons. The maximum Gasteiger partial charge on any atom is 0.0454 e. The largest absolute Gasteiger partial charge is 0.396 e. The van der Waals surface area contributed by atoms with Gasteiger partial charge in [0.05, 0.1) is 0 Å². The van der Waals surface area contributed by atoms with Crippen LogP contribution in [0.15, 0.2) is 18.2 Å². The lowest BCUT2D eigenvalue weighted by molar-refractivity contribution is 0.109. The average Bonchev–Trinajstić information content (AvgIpc) is 2.36. The number of halogens is 1. The van der Waals surface area contributed by atoms with E-state index in [4.69, 9.17) is 22.4 Å². The Morgan fingerprint density at radius 3 is 2.68 bits per heavy atom. The Hall–Kier alpha value is -0.610. The van der Waals surface area contributed by atoms with Crippen LogP contribution in [0.5, 0.6) is 0 Å². The number of nitrogens with zero attached hydrogens (tertiary/aromatic N) is 1. The predicted molar refractivity (Wildman–Crippen MR) is 79.1 cm³/mol. The van der Waals surface area contributed by atoms with E-state index in [-0.39, 0.29) is 6.61 Å². The summed E-state index contributed by atoms with van der Waals surface area (Å²) in [5.74, 6) is 0. The number of nitrogens with two attached hydrogens (primary N) is 1. The molecule has 1 aliphatic carbocycles. The van der Waals surface area contributed by atoms with Crippen LogP contribution < -0.4 is 5.73 Å². The topological polar surface area (TPSA) is 49.5 Å². The van der Waals surface area contributed by atoms with Crippen molar-refractivity contribution in [2.75, 3.05) is 13.2 Å². The summed E-state index contributed by atoms with van der Waals surface area (Å²) < 4.78 is 0. The molecule has 0 aliphatic heterocycles. The average molecular weight is 283 g/mol. The zero-order valence-electron chi connectivity index (χ0n) is 11.3. The van der Waals surface area contributed by atoms with E-state index in [1.54, 1.807) is 0 Å². The molecule has 0 spiro atoms. The second-order valence-electron chi connectivity index (χ2n) is 5.26. The van der Waals surface area contributed by atoms with E-state index in [0.29, 0.717) is 12.6 Å². The maximum atomic E-state index is 9.01. The van der Waals surface area contributed by atoms with Gasteiger partial charge in [-0.05, 0) is 36.5 Å². The monoisotopic (exact) mass is 282 g/mol. The van der Waals surface area contributed by atoms with E-state index in [2.05, 4.69) is 11.0 Å². The number of hydrogen-bond acceptors (Lipinski definition) is 3. The highest BCUT2D eigenvalue weighted by Crippen LogP contribution is 2.28. The van der Waals surface area contributed by atoms with Crippen molar-refractivity contribution in [1.29, 1.82) is 0 Å². The van der Waals surface area contributed by atoms with Crippen molar-refractivity contribution >= 4 is 11.6 Å². The fraction of sp³-hybridized carbons (Fsp3) is 0.600. The van der Waals surface area contributed by atoms with Gasteiger partial charge in [0.1, 0.15) is 0 Å². The fourth-order valence-corrected chi connectivity index (χ4v) is 2.74. The summed E-state index contributed by atoms with van der Waals surface area (Å²) in [7, 11) is 0. The molecule has 2 rings (SSSR count). The van der Waals surface area contributed by atoms with E-state index in [1.165, 1.54) is 19.3 Å². The van der Waals surface area contributed by atoms with Crippen LogP contribution in [0.2, 0.25) is 5.02 Å². The predicted octanol–water partition coefficient (Wildman–Crippen LogP) is 2.54. The fourth-order valence-electron chi connectivity index (χ4n) is 2.48. The summed E-state index contributed by atoms with van der Waals surface area (Å²) in [5, 5.41) is 9.81. The summed E-state index contributed by atoms with van der Waals surface area (Å²) in [4.78, 5) is 2.45. The van der Waals surface area contributed by atoms with Gasteiger partial charge in [-0.1, -0.05) is 30.2 Å². The van der Waals surface area contributed by atoms with Crippen LogP contribution in [0.3, 0.4) is 0 Å². The van der Waals surface area contributed by atoms with Gasteiger partial charge in [0.25, 0.3) is 0 Å². The lowest BCUT2D eigenvalue weighted by atomic mass is 9.91. The van der Waals surface area contributed by atoms with Crippen molar-refractivity contribution in [3.05, 3.63) is 34.3 Å². The SMILES string of the molecule is NCc1ccc(CN(CCCO)C2CCC2)c(Cl)c1. The highest BCUT2D eigenvalue weighted by atomic mass is 35.5. The van der Waals surface area contributed by atoms with E-state index >= 15 is 0 Å². The van der Waals surface area contributed by atoms with Gasteiger partial charge in [0.2, 0.25) is 0 Å². The Morgan fingerprint density at radius 1 is 1.37 bits per heavy atom. The Kier molecular flexibility index (Phi) is 5.64. The molecule has 1 fully saturated rings. The molecule has 3 N–H and O–H groups in total. The standard InChI is InChI=1S/C15H23ClN2O/c16-15-9-12(10-17)5-6-13(15)11-18(7-2-8-19)14-3-1-4-14/h5-6,9,14,19H,1-4,7-8,10-11,17H2. The summed E-state index contributed by atoms with van der Waals surface area (Å²) >= 11 is 6.32. The molecule has 0 radical (unpaired) electrons. The molecule has 0 heterocycles. The van der Waals surface area contributed by atoms with Crippen molar-refractivity contribution in [2.24, 2.45) is 5.73 Å². The van der Waals surface area contributed by atoms with Crippen molar-refractivity contribution < 1.29 is 5.11 Å². The molecule has 1 aromatic carbocycles. The number of aliphatic hydroxyl groups is 1. The Bertz CT molecular complexity index is 407. The van der Waals surface area contributed by atoms with E-state index in [0.717, 1.165) is 35.7 Å². The van der Waals surface area contributed by atoms with Gasteiger partial charge in [-0.3, -0.25) is 4.90 Å². The zero-order valence-corrected chi connectivity index (χ0v) is 12.1. The minimum absolute atomic E-state index is 0.253. The summed E-state index contributed by atoms with van der Waals surface area (Å²) in [6, 6.07) is 6.75. The van der Waals surface area contributed by atoms with Crippen LogP contribution in [0.4, 0.5) is 0 Å². The van der Waals surface area contributed by atoms with Gasteiger partial charge in [-0.2, -0.15) is 0 Å². The Balaban J connectivity index is 2.02. The van der Waals surface area contributed by atoms with Gasteiger partial charge in [0, 0.05) is 37.3 Å². The van der Waals surface area contributed by atoms with Crippen LogP contribution in [0.25, 0.3) is 0 Å². The second-order valence-corrected chi connectivity index (χ2v) is 5.67. The van der Waals surface area contributed by atoms with E-state index in [9.17, 15) is 0 Å². The molecule has 0 saturated heterocycles. The third kappa shape index (κ3) is 3.93. The molecule has 1 aliphatic rings. The molecule has 0 amide bonds. The maximum absolute atomic E-state index is 9.01. The van der Waals surface area contributed by atoms with E-state index in [1.807, 2.05) is 12.1 Å². The van der Waals surface area contributed by atoms with Crippen LogP contribution in [0.1, 0.15) is 36.8 Å². The quantitative estimate of drug-likeness (QED) is 0.808. The van der Waals surface area contributed by atoms with E-state index < -0.39 is 0 Å². The van der Waals surface area contributed by atoms with Gasteiger partial charge >= 0.3 is 0 Å². The number of hydrogen-bond donors (Lipinski definition) is 2. The van der Waals surface area contributed by atoms with Crippen LogP contribution in [0, 0.1) is 0 Å². The molecule has 19 heavy (non-hydrogen) atoms. The molecule has 3 nitrogen and oxygen atoms in total. The molecule has 0 bridgehead atoms. The molecule has 0 atom stereocenters. The number of benzene rings is 1. The summed E-state index contributed by atoms with van der Waals surface area (Å²) in [6.07, 6.45) is 4.68. The van der Waals surface area contributed by atoms with Gasteiger partial charge in [-0.15, -0.1) is 0 Å². The summed E-state index contributed by atoms with van der Waals surface area (Å²) in [6.45, 7) is 2.59. The highest BCUT2D eigenvalue weighted by molar-refractivity contribution is 6.31. The van der Waals surface area contributed by atoms with Crippen molar-refractivity contribution in [1.82, 2.24) is 4.90 Å². The molecular formula is C15H23ClN2O. The third-order valence-corrected chi connectivity index (χ3v) is 4.27. The zero-order chi connectivity index (χ0) is 13.7. The highest BCUT2D eigenvalue weighted by Gasteiger charge is 2.24. The molecular weight excluding hydrogens is 260 g/mol. The van der Waals surface area contributed by atoms with Crippen molar-refractivity contribution in [3.8, 4) is 0 Å². The van der Waals surface area contributed by atoms with Crippen molar-refractivity contribution in [2.45, 2.75) is 44.8 Å². The van der Waals surface area contributed by atoms with Gasteiger partial charge in [0.15, 0.2) is 0 Å². The Labute approximate surface area is 120 Å².